The van der Waals surface area contributed by atoms with Gasteiger partial charge in [0.2, 0.25) is 0 Å². The maximum Gasteiger partial charge on any atom is 0.308 e. The fraction of sp³-hybridized carbons (Fsp3) is 0.929. The molecule has 17 heavy (non-hydrogen) atoms. The highest BCUT2D eigenvalue weighted by atomic mass is 16.5. The maximum absolute atomic E-state index is 11.7. The fourth-order valence-electron chi connectivity index (χ4n) is 2.34. The topological polar surface area (TPSA) is 46.5 Å². The molecule has 0 aromatic rings. The fourth-order valence-corrected chi connectivity index (χ4v) is 2.34. The van der Waals surface area contributed by atoms with E-state index in [-0.39, 0.29) is 23.9 Å². The highest BCUT2D eigenvalue weighted by Gasteiger charge is 2.34. The SMILES string of the molecule is CCC(C)C(=O)OC1CCCC(C(C)(C)O)C1. The number of rotatable bonds is 4. The van der Waals surface area contributed by atoms with Crippen molar-refractivity contribution >= 4 is 5.97 Å². The van der Waals surface area contributed by atoms with Gasteiger partial charge >= 0.3 is 5.97 Å². The molecule has 0 radical (unpaired) electrons. The van der Waals surface area contributed by atoms with Crippen LogP contribution in [0.1, 0.15) is 59.8 Å². The Labute approximate surface area is 105 Å². The highest BCUT2D eigenvalue weighted by Crippen LogP contribution is 2.34. The predicted molar refractivity (Wildman–Crippen MR) is 67.6 cm³/mol. The van der Waals surface area contributed by atoms with E-state index < -0.39 is 5.60 Å². The summed E-state index contributed by atoms with van der Waals surface area (Å²) in [6.07, 6.45) is 4.62. The lowest BCUT2D eigenvalue weighted by Gasteiger charge is -2.36. The van der Waals surface area contributed by atoms with Crippen LogP contribution in [0, 0.1) is 11.8 Å². The molecule has 0 heterocycles. The second-order valence-electron chi connectivity index (χ2n) is 5.89. The minimum absolute atomic E-state index is 0.00155. The van der Waals surface area contributed by atoms with Gasteiger partial charge in [0.1, 0.15) is 6.10 Å². The van der Waals surface area contributed by atoms with Crippen molar-refractivity contribution in [1.29, 1.82) is 0 Å². The normalized spacial score (nSPS) is 27.6. The van der Waals surface area contributed by atoms with Crippen molar-refractivity contribution in [1.82, 2.24) is 0 Å². The second kappa shape index (κ2) is 5.85. The smallest absolute Gasteiger partial charge is 0.308 e. The zero-order valence-electron chi connectivity index (χ0n) is 11.5. The van der Waals surface area contributed by atoms with Crippen molar-refractivity contribution in [3.05, 3.63) is 0 Å². The Kier molecular flexibility index (Phi) is 4.99. The summed E-state index contributed by atoms with van der Waals surface area (Å²) in [6.45, 7) is 7.58. The maximum atomic E-state index is 11.7. The third-order valence-corrected chi connectivity index (χ3v) is 3.92. The van der Waals surface area contributed by atoms with Crippen LogP contribution in [0.3, 0.4) is 0 Å². The molecule has 3 unspecified atom stereocenters. The Hall–Kier alpha value is -0.570. The molecule has 1 N–H and O–H groups in total. The average Bonchev–Trinajstić information content (AvgIpc) is 2.27. The number of carbonyl (C=O) groups is 1. The van der Waals surface area contributed by atoms with Gasteiger partial charge in [0.25, 0.3) is 0 Å². The molecule has 100 valence electrons. The summed E-state index contributed by atoms with van der Waals surface area (Å²) in [6, 6.07) is 0. The number of carbonyl (C=O) groups excluding carboxylic acids is 1. The number of ether oxygens (including phenoxy) is 1. The molecule has 0 saturated heterocycles. The molecule has 3 nitrogen and oxygen atoms in total. The van der Waals surface area contributed by atoms with E-state index in [0.29, 0.717) is 0 Å². The van der Waals surface area contributed by atoms with Gasteiger partial charge in [0, 0.05) is 0 Å². The minimum Gasteiger partial charge on any atom is -0.462 e. The molecule has 3 heteroatoms. The van der Waals surface area contributed by atoms with Crippen molar-refractivity contribution in [2.75, 3.05) is 0 Å². The molecule has 0 aromatic carbocycles. The monoisotopic (exact) mass is 242 g/mol. The van der Waals surface area contributed by atoms with Gasteiger partial charge in [-0.15, -0.1) is 0 Å². The van der Waals surface area contributed by atoms with Crippen LogP contribution in [0.25, 0.3) is 0 Å². The number of aliphatic hydroxyl groups is 1. The van der Waals surface area contributed by atoms with Crippen LogP contribution < -0.4 is 0 Å². The van der Waals surface area contributed by atoms with Crippen LogP contribution in [-0.2, 0) is 9.53 Å². The van der Waals surface area contributed by atoms with Crippen LogP contribution in [0.4, 0.5) is 0 Å². The van der Waals surface area contributed by atoms with Crippen molar-refractivity contribution in [3.63, 3.8) is 0 Å². The van der Waals surface area contributed by atoms with Gasteiger partial charge in [-0.25, -0.2) is 0 Å². The largest absolute Gasteiger partial charge is 0.462 e. The zero-order chi connectivity index (χ0) is 13.1. The molecule has 1 rings (SSSR count). The number of hydrogen-bond acceptors (Lipinski definition) is 3. The Bertz CT molecular complexity index is 255. The van der Waals surface area contributed by atoms with E-state index in [0.717, 1.165) is 32.1 Å². The van der Waals surface area contributed by atoms with Crippen molar-refractivity contribution < 1.29 is 14.6 Å². The van der Waals surface area contributed by atoms with Gasteiger partial charge in [-0.05, 0) is 51.9 Å². The lowest BCUT2D eigenvalue weighted by molar-refractivity contribution is -0.157. The molecule has 0 aliphatic heterocycles. The quantitative estimate of drug-likeness (QED) is 0.771. The molecular weight excluding hydrogens is 216 g/mol. The summed E-state index contributed by atoms with van der Waals surface area (Å²) in [5.41, 5.74) is -0.665. The van der Waals surface area contributed by atoms with Crippen molar-refractivity contribution in [3.8, 4) is 0 Å². The minimum atomic E-state index is -0.665. The van der Waals surface area contributed by atoms with Crippen molar-refractivity contribution in [2.45, 2.75) is 71.5 Å². The average molecular weight is 242 g/mol. The molecule has 1 fully saturated rings. The second-order valence-corrected chi connectivity index (χ2v) is 5.89. The van der Waals surface area contributed by atoms with Crippen LogP contribution in [0.15, 0.2) is 0 Å². The third-order valence-electron chi connectivity index (χ3n) is 3.92. The Morgan fingerprint density at radius 3 is 2.65 bits per heavy atom. The molecule has 3 atom stereocenters. The van der Waals surface area contributed by atoms with E-state index in [9.17, 15) is 9.90 Å². The van der Waals surface area contributed by atoms with Crippen molar-refractivity contribution in [2.24, 2.45) is 11.8 Å². The van der Waals surface area contributed by atoms with Gasteiger partial charge < -0.3 is 9.84 Å². The van der Waals surface area contributed by atoms with Crippen LogP contribution in [-0.4, -0.2) is 22.8 Å². The number of esters is 1. The zero-order valence-corrected chi connectivity index (χ0v) is 11.5. The van der Waals surface area contributed by atoms with Crippen LogP contribution in [0.5, 0.6) is 0 Å². The standard InChI is InChI=1S/C14H26O3/c1-5-10(2)13(15)17-12-8-6-7-11(9-12)14(3,4)16/h10-12,16H,5-9H2,1-4H3. The molecule has 0 spiro atoms. The van der Waals surface area contributed by atoms with E-state index in [2.05, 4.69) is 0 Å². The van der Waals surface area contributed by atoms with Gasteiger partial charge in [-0.2, -0.15) is 0 Å². The van der Waals surface area contributed by atoms with Crippen LogP contribution in [0.2, 0.25) is 0 Å². The lowest BCUT2D eigenvalue weighted by Crippen LogP contribution is -2.38. The molecule has 1 aliphatic rings. The van der Waals surface area contributed by atoms with E-state index in [1.165, 1.54) is 0 Å². The Balaban J connectivity index is 2.48. The summed E-state index contributed by atoms with van der Waals surface area (Å²) >= 11 is 0. The summed E-state index contributed by atoms with van der Waals surface area (Å²) in [4.78, 5) is 11.7. The summed E-state index contributed by atoms with van der Waals surface area (Å²) in [7, 11) is 0. The van der Waals surface area contributed by atoms with Crippen LogP contribution >= 0.6 is 0 Å². The molecular formula is C14H26O3. The first kappa shape index (κ1) is 14.5. The Morgan fingerprint density at radius 1 is 1.47 bits per heavy atom. The summed E-state index contributed by atoms with van der Waals surface area (Å²) < 4.78 is 5.52. The Morgan fingerprint density at radius 2 is 2.12 bits per heavy atom. The molecule has 1 aliphatic carbocycles. The molecule has 1 saturated carbocycles. The van der Waals surface area contributed by atoms with Gasteiger partial charge in [-0.3, -0.25) is 4.79 Å². The van der Waals surface area contributed by atoms with E-state index in [4.69, 9.17) is 4.74 Å². The van der Waals surface area contributed by atoms with Gasteiger partial charge in [-0.1, -0.05) is 13.8 Å². The molecule has 0 bridgehead atoms. The van der Waals surface area contributed by atoms with Gasteiger partial charge in [0.15, 0.2) is 0 Å². The van der Waals surface area contributed by atoms with E-state index >= 15 is 0 Å². The lowest BCUT2D eigenvalue weighted by atomic mass is 9.77. The predicted octanol–water partition coefficient (Wildman–Crippen LogP) is 2.91. The summed E-state index contributed by atoms with van der Waals surface area (Å²) in [5.74, 6) is 0.136. The third kappa shape index (κ3) is 4.30. The first-order valence-corrected chi connectivity index (χ1v) is 6.77. The van der Waals surface area contributed by atoms with E-state index in [1.54, 1.807) is 0 Å². The molecule has 0 aromatic heterocycles. The first-order chi connectivity index (χ1) is 7.84. The number of hydrogen-bond donors (Lipinski definition) is 1. The van der Waals surface area contributed by atoms with Gasteiger partial charge in [0.05, 0.1) is 11.5 Å². The first-order valence-electron chi connectivity index (χ1n) is 6.77. The molecule has 0 amide bonds. The summed E-state index contributed by atoms with van der Waals surface area (Å²) in [5, 5.41) is 10.0. The highest BCUT2D eigenvalue weighted by molar-refractivity contribution is 5.72. The van der Waals surface area contributed by atoms with E-state index in [1.807, 2.05) is 27.7 Å².